The third kappa shape index (κ3) is 1.95. The molecule has 3 aromatic rings. The first kappa shape index (κ1) is 11.4. The first-order chi connectivity index (χ1) is 9.15. The maximum Gasteiger partial charge on any atom is 0.262 e. The highest BCUT2D eigenvalue weighted by Gasteiger charge is 2.16. The lowest BCUT2D eigenvalue weighted by atomic mass is 10.2. The highest BCUT2D eigenvalue weighted by molar-refractivity contribution is 5.63. The molecule has 0 fully saturated rings. The Kier molecular flexibility index (Phi) is 2.52. The van der Waals surface area contributed by atoms with E-state index in [1.54, 1.807) is 24.1 Å². The molecule has 0 saturated heterocycles. The Bertz CT molecular complexity index is 735. The van der Waals surface area contributed by atoms with Crippen molar-refractivity contribution in [3.63, 3.8) is 0 Å². The van der Waals surface area contributed by atoms with Gasteiger partial charge in [0.15, 0.2) is 0 Å². The lowest BCUT2D eigenvalue weighted by Gasteiger charge is -1.98. The van der Waals surface area contributed by atoms with Gasteiger partial charge in [-0.05, 0) is 12.1 Å². The molecular weight excluding hydrogens is 251 g/mol. The topological polar surface area (TPSA) is 77.0 Å². The average Bonchev–Trinajstić information content (AvgIpc) is 2.97. The van der Waals surface area contributed by atoms with Gasteiger partial charge in [-0.3, -0.25) is 0 Å². The van der Waals surface area contributed by atoms with Crippen molar-refractivity contribution in [2.75, 3.05) is 0 Å². The van der Waals surface area contributed by atoms with Crippen molar-refractivity contribution in [1.82, 2.24) is 19.7 Å². The van der Waals surface area contributed by atoms with Crippen LogP contribution in [-0.2, 0) is 7.05 Å². The largest absolute Gasteiger partial charge is 0.507 e. The van der Waals surface area contributed by atoms with Crippen LogP contribution >= 0.6 is 0 Å². The Labute approximate surface area is 107 Å². The number of aromatic hydroxyl groups is 1. The molecular formula is C12H9FN4O2. The summed E-state index contributed by atoms with van der Waals surface area (Å²) in [5.41, 5.74) is 0.957. The SMILES string of the molecule is Cn1cncc1-c1noc(-c2ccc(F)cc2O)n1. The fourth-order valence-corrected chi connectivity index (χ4v) is 1.70. The van der Waals surface area contributed by atoms with Crippen molar-refractivity contribution in [3.05, 3.63) is 36.5 Å². The fraction of sp³-hybridized carbons (Fsp3) is 0.0833. The average molecular weight is 260 g/mol. The summed E-state index contributed by atoms with van der Waals surface area (Å²) in [6.45, 7) is 0. The Morgan fingerprint density at radius 3 is 2.89 bits per heavy atom. The second kappa shape index (κ2) is 4.20. The van der Waals surface area contributed by atoms with Gasteiger partial charge in [-0.15, -0.1) is 0 Å². The van der Waals surface area contributed by atoms with E-state index in [1.165, 1.54) is 12.1 Å². The van der Waals surface area contributed by atoms with Gasteiger partial charge in [0.2, 0.25) is 5.82 Å². The number of aryl methyl sites for hydroxylation is 1. The van der Waals surface area contributed by atoms with E-state index in [4.69, 9.17) is 4.52 Å². The highest BCUT2D eigenvalue weighted by atomic mass is 19.1. The molecule has 19 heavy (non-hydrogen) atoms. The predicted octanol–water partition coefficient (Wildman–Crippen LogP) is 1.98. The molecule has 0 aliphatic carbocycles. The first-order valence-electron chi connectivity index (χ1n) is 5.44. The van der Waals surface area contributed by atoms with Crippen LogP contribution in [-0.4, -0.2) is 24.8 Å². The summed E-state index contributed by atoms with van der Waals surface area (Å²) in [6, 6.07) is 3.58. The molecule has 0 bridgehead atoms. The summed E-state index contributed by atoms with van der Waals surface area (Å²) in [4.78, 5) is 8.10. The standard InChI is InChI=1S/C12H9FN4O2/c1-17-6-14-5-9(17)11-15-12(19-16-11)8-3-2-7(13)4-10(8)18/h2-6,18H,1H3. The number of hydrogen-bond acceptors (Lipinski definition) is 5. The normalized spacial score (nSPS) is 10.8. The molecule has 0 unspecified atom stereocenters. The highest BCUT2D eigenvalue weighted by Crippen LogP contribution is 2.29. The van der Waals surface area contributed by atoms with Crippen LogP contribution < -0.4 is 0 Å². The molecule has 0 amide bonds. The lowest BCUT2D eigenvalue weighted by Crippen LogP contribution is -1.90. The van der Waals surface area contributed by atoms with Crippen molar-refractivity contribution in [1.29, 1.82) is 0 Å². The van der Waals surface area contributed by atoms with E-state index in [1.807, 2.05) is 0 Å². The number of phenols is 1. The summed E-state index contributed by atoms with van der Waals surface area (Å²) >= 11 is 0. The zero-order valence-corrected chi connectivity index (χ0v) is 9.91. The molecule has 0 atom stereocenters. The zero-order chi connectivity index (χ0) is 13.4. The molecule has 96 valence electrons. The van der Waals surface area contributed by atoms with Gasteiger partial charge in [-0.2, -0.15) is 4.98 Å². The van der Waals surface area contributed by atoms with E-state index in [2.05, 4.69) is 15.1 Å². The van der Waals surface area contributed by atoms with Crippen LogP contribution in [0.3, 0.4) is 0 Å². The summed E-state index contributed by atoms with van der Waals surface area (Å²) in [7, 11) is 1.80. The van der Waals surface area contributed by atoms with Gasteiger partial charge in [0, 0.05) is 13.1 Å². The first-order valence-corrected chi connectivity index (χ1v) is 5.44. The van der Waals surface area contributed by atoms with E-state index in [0.717, 1.165) is 6.07 Å². The molecule has 0 saturated carbocycles. The quantitative estimate of drug-likeness (QED) is 0.762. The second-order valence-corrected chi connectivity index (χ2v) is 3.97. The van der Waals surface area contributed by atoms with Gasteiger partial charge in [-0.25, -0.2) is 9.37 Å². The third-order valence-electron chi connectivity index (χ3n) is 2.66. The van der Waals surface area contributed by atoms with Gasteiger partial charge in [0.1, 0.15) is 17.3 Å². The zero-order valence-electron chi connectivity index (χ0n) is 9.91. The van der Waals surface area contributed by atoms with Crippen LogP contribution in [0.4, 0.5) is 4.39 Å². The minimum atomic E-state index is -0.535. The van der Waals surface area contributed by atoms with Crippen LogP contribution in [0.2, 0.25) is 0 Å². The number of rotatable bonds is 2. The molecule has 1 N–H and O–H groups in total. The van der Waals surface area contributed by atoms with Gasteiger partial charge in [-0.1, -0.05) is 5.16 Å². The minimum Gasteiger partial charge on any atom is -0.507 e. The molecule has 0 aliphatic rings. The van der Waals surface area contributed by atoms with Crippen LogP contribution in [0, 0.1) is 5.82 Å². The smallest absolute Gasteiger partial charge is 0.262 e. The Morgan fingerprint density at radius 1 is 1.37 bits per heavy atom. The summed E-state index contributed by atoms with van der Waals surface area (Å²) in [5, 5.41) is 13.5. The predicted molar refractivity (Wildman–Crippen MR) is 63.6 cm³/mol. The third-order valence-corrected chi connectivity index (χ3v) is 2.66. The molecule has 2 heterocycles. The molecule has 1 aromatic carbocycles. The van der Waals surface area contributed by atoms with E-state index in [0.29, 0.717) is 11.5 Å². The Balaban J connectivity index is 2.04. The Morgan fingerprint density at radius 2 is 2.21 bits per heavy atom. The number of hydrogen-bond donors (Lipinski definition) is 1. The monoisotopic (exact) mass is 260 g/mol. The van der Waals surface area contributed by atoms with Crippen molar-refractivity contribution >= 4 is 0 Å². The molecule has 6 nitrogen and oxygen atoms in total. The van der Waals surface area contributed by atoms with Crippen molar-refractivity contribution in [2.45, 2.75) is 0 Å². The van der Waals surface area contributed by atoms with Crippen LogP contribution in [0.1, 0.15) is 0 Å². The van der Waals surface area contributed by atoms with Gasteiger partial charge in [0.25, 0.3) is 5.89 Å². The van der Waals surface area contributed by atoms with E-state index in [-0.39, 0.29) is 17.2 Å². The molecule has 3 rings (SSSR count). The van der Waals surface area contributed by atoms with Gasteiger partial charge < -0.3 is 14.2 Å². The molecule has 7 heteroatoms. The van der Waals surface area contributed by atoms with Crippen LogP contribution in [0.25, 0.3) is 23.0 Å². The Hall–Kier alpha value is -2.70. The van der Waals surface area contributed by atoms with Crippen molar-refractivity contribution < 1.29 is 14.0 Å². The van der Waals surface area contributed by atoms with E-state index in [9.17, 15) is 9.50 Å². The second-order valence-electron chi connectivity index (χ2n) is 3.97. The maximum absolute atomic E-state index is 12.9. The van der Waals surface area contributed by atoms with E-state index < -0.39 is 5.82 Å². The lowest BCUT2D eigenvalue weighted by molar-refractivity contribution is 0.424. The number of benzene rings is 1. The number of halogens is 1. The van der Waals surface area contributed by atoms with Crippen LogP contribution in [0.5, 0.6) is 5.75 Å². The van der Waals surface area contributed by atoms with Crippen LogP contribution in [0.15, 0.2) is 35.2 Å². The molecule has 2 aromatic heterocycles. The number of aromatic nitrogens is 4. The van der Waals surface area contributed by atoms with Gasteiger partial charge in [0.05, 0.1) is 18.1 Å². The van der Waals surface area contributed by atoms with Gasteiger partial charge >= 0.3 is 0 Å². The summed E-state index contributed by atoms with van der Waals surface area (Å²) < 4.78 is 19.7. The van der Waals surface area contributed by atoms with Crippen molar-refractivity contribution in [2.24, 2.45) is 7.05 Å². The molecule has 0 spiro atoms. The maximum atomic E-state index is 12.9. The number of phenolic OH excluding ortho intramolecular Hbond substituents is 1. The van der Waals surface area contributed by atoms with E-state index >= 15 is 0 Å². The van der Waals surface area contributed by atoms with Crippen molar-refractivity contribution in [3.8, 4) is 28.7 Å². The summed E-state index contributed by atoms with van der Waals surface area (Å²) in [5.74, 6) is -0.319. The minimum absolute atomic E-state index is 0.119. The molecule has 0 radical (unpaired) electrons. The number of imidazole rings is 1. The molecule has 0 aliphatic heterocycles. The fourth-order valence-electron chi connectivity index (χ4n) is 1.70. The number of nitrogens with zero attached hydrogens (tertiary/aromatic N) is 4. The summed E-state index contributed by atoms with van der Waals surface area (Å²) in [6.07, 6.45) is 3.21.